The third kappa shape index (κ3) is 3.57. The molecule has 2 aromatic heterocycles. The number of rotatable bonds is 3. The molecule has 1 saturated heterocycles. The van der Waals surface area contributed by atoms with Crippen LogP contribution in [0.1, 0.15) is 22.6 Å². The molecule has 8 heteroatoms. The number of hydrogen-bond donors (Lipinski definition) is 0. The summed E-state index contributed by atoms with van der Waals surface area (Å²) in [5.74, 6) is -0.0495. The van der Waals surface area contributed by atoms with Crippen molar-refractivity contribution in [1.82, 2.24) is 19.9 Å². The Morgan fingerprint density at radius 3 is 2.88 bits per heavy atom. The van der Waals surface area contributed by atoms with Crippen LogP contribution >= 0.6 is 22.9 Å². The zero-order valence-electron chi connectivity index (χ0n) is 13.3. The van der Waals surface area contributed by atoms with Crippen LogP contribution in [-0.4, -0.2) is 45.0 Å². The molecule has 0 bridgehead atoms. The van der Waals surface area contributed by atoms with Gasteiger partial charge in [0.25, 0.3) is 5.91 Å². The van der Waals surface area contributed by atoms with Crippen LogP contribution in [-0.2, 0) is 0 Å². The van der Waals surface area contributed by atoms with E-state index in [0.717, 1.165) is 23.1 Å². The molecule has 3 aromatic rings. The smallest absolute Gasteiger partial charge is 0.316 e. The van der Waals surface area contributed by atoms with Gasteiger partial charge in [-0.1, -0.05) is 23.7 Å². The van der Waals surface area contributed by atoms with Crippen molar-refractivity contribution < 1.29 is 9.53 Å². The van der Waals surface area contributed by atoms with Crippen molar-refractivity contribution in [3.63, 3.8) is 0 Å². The van der Waals surface area contributed by atoms with E-state index in [-0.39, 0.29) is 18.0 Å². The first-order chi connectivity index (χ1) is 12.2. The maximum atomic E-state index is 12.8. The number of hydrogen-bond acceptors (Lipinski definition) is 6. The predicted molar refractivity (Wildman–Crippen MR) is 96.2 cm³/mol. The lowest BCUT2D eigenvalue weighted by Gasteiger charge is -2.31. The number of para-hydroxylation sites is 1. The first-order valence-corrected chi connectivity index (χ1v) is 9.17. The van der Waals surface area contributed by atoms with Crippen LogP contribution in [0.4, 0.5) is 0 Å². The monoisotopic (exact) mass is 374 g/mol. The quantitative estimate of drug-likeness (QED) is 0.702. The van der Waals surface area contributed by atoms with E-state index >= 15 is 0 Å². The number of aromatic nitrogens is 3. The highest BCUT2D eigenvalue weighted by atomic mass is 35.5. The minimum Gasteiger partial charge on any atom is -0.458 e. The molecule has 0 spiro atoms. The molecule has 4 rings (SSSR count). The predicted octanol–water partition coefficient (Wildman–Crippen LogP) is 3.42. The highest BCUT2D eigenvalue weighted by Gasteiger charge is 2.28. The van der Waals surface area contributed by atoms with Crippen molar-refractivity contribution in [3.8, 4) is 6.01 Å². The minimum absolute atomic E-state index is 0.0495. The van der Waals surface area contributed by atoms with Crippen molar-refractivity contribution in [1.29, 1.82) is 0 Å². The fraction of sp³-hybridized carbons (Fsp3) is 0.294. The largest absolute Gasteiger partial charge is 0.458 e. The summed E-state index contributed by atoms with van der Waals surface area (Å²) < 4.78 is 6.81. The number of amides is 1. The third-order valence-electron chi connectivity index (χ3n) is 4.01. The van der Waals surface area contributed by atoms with Gasteiger partial charge in [0.2, 0.25) is 0 Å². The molecule has 25 heavy (non-hydrogen) atoms. The number of carbonyl (C=O) groups is 1. The van der Waals surface area contributed by atoms with Crippen molar-refractivity contribution in [2.45, 2.75) is 18.9 Å². The highest BCUT2D eigenvalue weighted by molar-refractivity contribution is 7.20. The Kier molecular flexibility index (Phi) is 4.50. The maximum Gasteiger partial charge on any atom is 0.316 e. The van der Waals surface area contributed by atoms with Crippen molar-refractivity contribution in [3.05, 3.63) is 46.7 Å². The lowest BCUT2D eigenvalue weighted by molar-refractivity contribution is 0.0515. The molecule has 1 aromatic carbocycles. The van der Waals surface area contributed by atoms with E-state index in [9.17, 15) is 4.79 Å². The topological polar surface area (TPSA) is 68.2 Å². The van der Waals surface area contributed by atoms with Gasteiger partial charge in [0.15, 0.2) is 5.01 Å². The Hall–Kier alpha value is -2.25. The molecule has 3 heterocycles. The first-order valence-electron chi connectivity index (χ1n) is 7.98. The van der Waals surface area contributed by atoms with Crippen molar-refractivity contribution in [2.24, 2.45) is 0 Å². The zero-order chi connectivity index (χ0) is 17.2. The Balaban J connectivity index is 1.46. The van der Waals surface area contributed by atoms with Crippen LogP contribution in [0.15, 0.2) is 36.7 Å². The zero-order valence-corrected chi connectivity index (χ0v) is 14.8. The third-order valence-corrected chi connectivity index (χ3v) is 5.23. The van der Waals surface area contributed by atoms with Crippen LogP contribution in [0.2, 0.25) is 5.02 Å². The van der Waals surface area contributed by atoms with Gasteiger partial charge in [0.05, 0.1) is 34.2 Å². The van der Waals surface area contributed by atoms with E-state index in [2.05, 4.69) is 15.0 Å². The van der Waals surface area contributed by atoms with Crippen molar-refractivity contribution >= 4 is 39.1 Å². The van der Waals surface area contributed by atoms with Gasteiger partial charge in [-0.3, -0.25) is 4.79 Å². The van der Waals surface area contributed by atoms with Gasteiger partial charge in [0.1, 0.15) is 6.10 Å². The summed E-state index contributed by atoms with van der Waals surface area (Å²) in [6, 6.07) is 8.05. The van der Waals surface area contributed by atoms with Gasteiger partial charge in [-0.2, -0.15) is 0 Å². The number of benzene rings is 1. The number of fused-ring (bicyclic) bond motifs is 1. The number of ether oxygens (including phenoxy) is 1. The molecular weight excluding hydrogens is 360 g/mol. The van der Waals surface area contributed by atoms with Gasteiger partial charge in [-0.05, 0) is 25.0 Å². The van der Waals surface area contributed by atoms with Gasteiger partial charge >= 0.3 is 6.01 Å². The number of carbonyl (C=O) groups excluding carboxylic acids is 1. The van der Waals surface area contributed by atoms with Gasteiger partial charge in [-0.25, -0.2) is 15.0 Å². The maximum absolute atomic E-state index is 12.8. The Morgan fingerprint density at radius 2 is 2.08 bits per heavy atom. The number of thiazole rings is 1. The minimum atomic E-state index is -0.131. The second-order valence-corrected chi connectivity index (χ2v) is 7.27. The van der Waals surface area contributed by atoms with E-state index in [1.54, 1.807) is 4.90 Å². The standard InChI is InChI=1S/C17H15ClN4O2S/c18-11-8-19-17(20-9-11)24-12-4-3-7-22(10-12)16(23)15-21-13-5-1-2-6-14(13)25-15/h1-2,5-6,8-9,12H,3-4,7,10H2/t12-/m0/s1. The SMILES string of the molecule is O=C(c1nc2ccccc2s1)N1CCC[C@H](Oc2ncc(Cl)cn2)C1. The van der Waals surface area contributed by atoms with E-state index in [1.807, 2.05) is 24.3 Å². The molecule has 0 saturated carbocycles. The average molecular weight is 375 g/mol. The molecule has 6 nitrogen and oxygen atoms in total. The summed E-state index contributed by atoms with van der Waals surface area (Å²) in [4.78, 5) is 27.1. The molecule has 128 valence electrons. The van der Waals surface area contributed by atoms with Crippen LogP contribution in [0.5, 0.6) is 6.01 Å². The lowest BCUT2D eigenvalue weighted by Crippen LogP contribution is -2.44. The molecular formula is C17H15ClN4O2S. The number of halogens is 1. The number of nitrogens with zero attached hydrogens (tertiary/aromatic N) is 4. The van der Waals surface area contributed by atoms with Gasteiger partial charge < -0.3 is 9.64 Å². The van der Waals surface area contributed by atoms with Gasteiger partial charge in [0, 0.05) is 6.54 Å². The molecule has 1 amide bonds. The fourth-order valence-electron chi connectivity index (χ4n) is 2.83. The van der Waals surface area contributed by atoms with Crippen LogP contribution in [0.25, 0.3) is 10.2 Å². The Labute approximate surface area is 153 Å². The van der Waals surface area contributed by atoms with Crippen molar-refractivity contribution in [2.75, 3.05) is 13.1 Å². The van der Waals surface area contributed by atoms with E-state index in [4.69, 9.17) is 16.3 Å². The first kappa shape index (κ1) is 16.2. The lowest BCUT2D eigenvalue weighted by atomic mass is 10.1. The molecule has 0 aliphatic carbocycles. The fourth-order valence-corrected chi connectivity index (χ4v) is 3.86. The molecule has 1 aliphatic rings. The second-order valence-electron chi connectivity index (χ2n) is 5.80. The molecule has 0 N–H and O–H groups in total. The molecule has 1 atom stereocenters. The molecule has 0 radical (unpaired) electrons. The van der Waals surface area contributed by atoms with E-state index in [0.29, 0.717) is 23.1 Å². The van der Waals surface area contributed by atoms with E-state index < -0.39 is 0 Å². The molecule has 0 unspecified atom stereocenters. The van der Waals surface area contributed by atoms with E-state index in [1.165, 1.54) is 23.7 Å². The molecule has 1 fully saturated rings. The summed E-state index contributed by atoms with van der Waals surface area (Å²) in [5, 5.41) is 0.980. The Bertz CT molecular complexity index is 866. The van der Waals surface area contributed by atoms with Crippen LogP contribution in [0.3, 0.4) is 0 Å². The normalized spacial score (nSPS) is 17.6. The summed E-state index contributed by atoms with van der Waals surface area (Å²) in [6.07, 6.45) is 4.59. The van der Waals surface area contributed by atoms with Gasteiger partial charge in [-0.15, -0.1) is 11.3 Å². The summed E-state index contributed by atoms with van der Waals surface area (Å²) >= 11 is 7.20. The summed E-state index contributed by atoms with van der Waals surface area (Å²) in [6.45, 7) is 1.21. The summed E-state index contributed by atoms with van der Waals surface area (Å²) in [5.41, 5.74) is 0.857. The van der Waals surface area contributed by atoms with Crippen LogP contribution < -0.4 is 4.74 Å². The average Bonchev–Trinajstić information content (AvgIpc) is 3.07. The summed E-state index contributed by atoms with van der Waals surface area (Å²) in [7, 11) is 0. The highest BCUT2D eigenvalue weighted by Crippen LogP contribution is 2.24. The number of piperidine rings is 1. The Morgan fingerprint density at radius 1 is 1.28 bits per heavy atom. The molecule has 1 aliphatic heterocycles. The number of likely N-dealkylation sites (tertiary alicyclic amines) is 1. The van der Waals surface area contributed by atoms with Crippen LogP contribution in [0, 0.1) is 0 Å². The second kappa shape index (κ2) is 6.93.